The van der Waals surface area contributed by atoms with Gasteiger partial charge < -0.3 is 15.5 Å². The summed E-state index contributed by atoms with van der Waals surface area (Å²) in [6.45, 7) is 2.75. The first kappa shape index (κ1) is 7.76. The molecule has 1 aliphatic heterocycles. The maximum Gasteiger partial charge on any atom is 0.211 e. The van der Waals surface area contributed by atoms with E-state index in [2.05, 4.69) is 10.3 Å². The van der Waals surface area contributed by atoms with Gasteiger partial charge in [0.15, 0.2) is 0 Å². The van der Waals surface area contributed by atoms with Crippen molar-refractivity contribution < 1.29 is 4.42 Å². The lowest BCUT2D eigenvalue weighted by atomic mass is 10.2. The quantitative estimate of drug-likeness (QED) is 0.633. The molecule has 2 rings (SSSR count). The number of aromatic nitrogens is 1. The average molecular weight is 167 g/mol. The summed E-state index contributed by atoms with van der Waals surface area (Å²) in [6, 6.07) is 0.455. The van der Waals surface area contributed by atoms with Gasteiger partial charge in [0.25, 0.3) is 0 Å². The number of hydrogen-bond donors (Lipinski definition) is 2. The summed E-state index contributed by atoms with van der Waals surface area (Å²) in [5.74, 6) is 1.62. The Morgan fingerprint density at radius 2 is 2.58 bits per heavy atom. The Kier molecular flexibility index (Phi) is 1.86. The second-order valence-corrected chi connectivity index (χ2v) is 3.27. The van der Waals surface area contributed by atoms with Crippen LogP contribution in [0.4, 0.5) is 0 Å². The predicted octanol–water partition coefficient (Wildman–Crippen LogP) is 0.345. The first-order valence-electron chi connectivity index (χ1n) is 4.17. The third kappa shape index (κ3) is 1.35. The molecule has 0 spiro atoms. The van der Waals surface area contributed by atoms with Gasteiger partial charge >= 0.3 is 0 Å². The minimum atomic E-state index is 0.216. The minimum Gasteiger partial charge on any atom is -0.444 e. The summed E-state index contributed by atoms with van der Waals surface area (Å²) in [7, 11) is 0. The van der Waals surface area contributed by atoms with Crippen molar-refractivity contribution in [3.05, 3.63) is 17.8 Å². The van der Waals surface area contributed by atoms with Crippen LogP contribution in [-0.4, -0.2) is 17.6 Å². The van der Waals surface area contributed by atoms with Crippen molar-refractivity contribution in [2.45, 2.75) is 25.4 Å². The lowest BCUT2D eigenvalue weighted by Crippen LogP contribution is -2.22. The summed E-state index contributed by atoms with van der Waals surface area (Å²) < 4.78 is 5.39. The van der Waals surface area contributed by atoms with Crippen molar-refractivity contribution in [2.24, 2.45) is 5.73 Å². The van der Waals surface area contributed by atoms with Crippen molar-refractivity contribution in [3.63, 3.8) is 0 Å². The molecular weight excluding hydrogens is 154 g/mol. The number of oxazole rings is 1. The Hall–Kier alpha value is -0.870. The molecule has 4 heteroatoms. The largest absolute Gasteiger partial charge is 0.444 e. The fourth-order valence-electron chi connectivity index (χ4n) is 1.48. The molecule has 1 saturated heterocycles. The van der Waals surface area contributed by atoms with Crippen LogP contribution in [0.3, 0.4) is 0 Å². The fraction of sp³-hybridized carbons (Fsp3) is 0.625. The highest BCUT2D eigenvalue weighted by molar-refractivity contribution is 5.00. The molecule has 0 radical (unpaired) electrons. The van der Waals surface area contributed by atoms with Gasteiger partial charge in [-0.1, -0.05) is 0 Å². The van der Waals surface area contributed by atoms with E-state index >= 15 is 0 Å². The Morgan fingerprint density at radius 1 is 1.75 bits per heavy atom. The minimum absolute atomic E-state index is 0.216. The third-order valence-electron chi connectivity index (χ3n) is 2.10. The molecule has 0 aromatic carbocycles. The van der Waals surface area contributed by atoms with Crippen LogP contribution < -0.4 is 11.1 Å². The zero-order chi connectivity index (χ0) is 8.55. The van der Waals surface area contributed by atoms with Gasteiger partial charge in [0.05, 0.1) is 12.2 Å². The Bertz CT molecular complexity index is 271. The zero-order valence-corrected chi connectivity index (χ0v) is 7.08. The monoisotopic (exact) mass is 167 g/mol. The zero-order valence-electron chi connectivity index (χ0n) is 7.08. The summed E-state index contributed by atoms with van der Waals surface area (Å²) >= 11 is 0. The van der Waals surface area contributed by atoms with Crippen molar-refractivity contribution in [1.82, 2.24) is 10.3 Å². The molecule has 0 bridgehead atoms. The molecule has 4 nitrogen and oxygen atoms in total. The first-order chi connectivity index (χ1) is 5.75. The van der Waals surface area contributed by atoms with E-state index in [1.165, 1.54) is 0 Å². The van der Waals surface area contributed by atoms with Crippen molar-refractivity contribution in [2.75, 3.05) is 6.54 Å². The van der Waals surface area contributed by atoms with E-state index in [0.29, 0.717) is 0 Å². The number of rotatable bonds is 1. The maximum atomic E-state index is 5.74. The highest BCUT2D eigenvalue weighted by atomic mass is 16.4. The van der Waals surface area contributed by atoms with E-state index in [-0.39, 0.29) is 12.1 Å². The fourth-order valence-corrected chi connectivity index (χ4v) is 1.48. The number of aryl methyl sites for hydroxylation is 1. The van der Waals surface area contributed by atoms with Gasteiger partial charge in [0.2, 0.25) is 5.89 Å². The molecular formula is C8H13N3O. The molecule has 2 atom stereocenters. The summed E-state index contributed by atoms with van der Waals surface area (Å²) in [6.07, 6.45) is 2.65. The number of nitrogens with two attached hydrogens (primary N) is 1. The first-order valence-corrected chi connectivity index (χ1v) is 4.17. The van der Waals surface area contributed by atoms with Gasteiger partial charge in [-0.3, -0.25) is 0 Å². The van der Waals surface area contributed by atoms with Crippen LogP contribution in [0.5, 0.6) is 0 Å². The molecule has 66 valence electrons. The van der Waals surface area contributed by atoms with Crippen LogP contribution in [0.15, 0.2) is 10.6 Å². The molecule has 1 fully saturated rings. The van der Waals surface area contributed by atoms with Gasteiger partial charge in [0, 0.05) is 12.6 Å². The van der Waals surface area contributed by atoms with E-state index in [1.54, 1.807) is 6.20 Å². The van der Waals surface area contributed by atoms with E-state index < -0.39 is 0 Å². The van der Waals surface area contributed by atoms with Crippen LogP contribution >= 0.6 is 0 Å². The lowest BCUT2D eigenvalue weighted by molar-refractivity contribution is 0.413. The van der Waals surface area contributed by atoms with E-state index in [1.807, 2.05) is 6.92 Å². The second kappa shape index (κ2) is 2.88. The van der Waals surface area contributed by atoms with Crippen LogP contribution in [0.2, 0.25) is 0 Å². The Balaban J connectivity index is 2.11. The normalized spacial score (nSPS) is 29.5. The molecule has 1 aliphatic rings. The summed E-state index contributed by atoms with van der Waals surface area (Å²) in [5.41, 5.74) is 5.74. The van der Waals surface area contributed by atoms with Gasteiger partial charge in [-0.15, -0.1) is 0 Å². The van der Waals surface area contributed by atoms with Crippen LogP contribution in [0.25, 0.3) is 0 Å². The number of hydrogen-bond acceptors (Lipinski definition) is 4. The maximum absolute atomic E-state index is 5.74. The number of nitrogens with one attached hydrogen (secondary N) is 1. The number of nitrogens with zero attached hydrogens (tertiary/aromatic N) is 1. The molecule has 0 amide bonds. The Labute approximate surface area is 71.2 Å². The molecule has 0 aliphatic carbocycles. The van der Waals surface area contributed by atoms with Crippen molar-refractivity contribution in [1.29, 1.82) is 0 Å². The molecule has 1 aromatic rings. The smallest absolute Gasteiger partial charge is 0.211 e. The topological polar surface area (TPSA) is 64.1 Å². The molecule has 3 N–H and O–H groups in total. The second-order valence-electron chi connectivity index (χ2n) is 3.27. The van der Waals surface area contributed by atoms with Crippen LogP contribution in [0.1, 0.15) is 24.1 Å². The van der Waals surface area contributed by atoms with Gasteiger partial charge in [0.1, 0.15) is 5.76 Å². The highest BCUT2D eigenvalue weighted by Gasteiger charge is 2.25. The van der Waals surface area contributed by atoms with Crippen LogP contribution in [-0.2, 0) is 0 Å². The molecule has 12 heavy (non-hydrogen) atoms. The predicted molar refractivity (Wildman–Crippen MR) is 44.6 cm³/mol. The molecule has 1 aromatic heterocycles. The summed E-state index contributed by atoms with van der Waals surface area (Å²) in [5, 5.41) is 3.25. The average Bonchev–Trinajstić information content (AvgIpc) is 2.58. The Morgan fingerprint density at radius 3 is 3.08 bits per heavy atom. The van der Waals surface area contributed by atoms with E-state index in [9.17, 15) is 0 Å². The van der Waals surface area contributed by atoms with Crippen molar-refractivity contribution >= 4 is 0 Å². The molecule has 0 unspecified atom stereocenters. The van der Waals surface area contributed by atoms with E-state index in [4.69, 9.17) is 10.2 Å². The standard InChI is InChI=1S/C8H13N3O/c1-5-3-11-8(12-5)7-2-6(9)4-10-7/h3,6-7,10H,2,4,9H2,1H3/t6-,7-/m0/s1. The SMILES string of the molecule is Cc1cnc([C@@H]2C[C@H](N)CN2)o1. The van der Waals surface area contributed by atoms with Gasteiger partial charge in [-0.2, -0.15) is 0 Å². The van der Waals surface area contributed by atoms with Gasteiger partial charge in [-0.05, 0) is 13.3 Å². The lowest BCUT2D eigenvalue weighted by Gasteiger charge is -2.03. The van der Waals surface area contributed by atoms with Crippen molar-refractivity contribution in [3.8, 4) is 0 Å². The molecule has 0 saturated carbocycles. The molecule has 2 heterocycles. The highest BCUT2D eigenvalue weighted by Crippen LogP contribution is 2.21. The van der Waals surface area contributed by atoms with E-state index in [0.717, 1.165) is 24.6 Å². The third-order valence-corrected chi connectivity index (χ3v) is 2.10. The van der Waals surface area contributed by atoms with Gasteiger partial charge in [-0.25, -0.2) is 4.98 Å². The summed E-state index contributed by atoms with van der Waals surface area (Å²) in [4.78, 5) is 4.15. The van der Waals surface area contributed by atoms with Crippen LogP contribution in [0, 0.1) is 6.92 Å².